The highest BCUT2D eigenvalue weighted by molar-refractivity contribution is 5.79. The van der Waals surface area contributed by atoms with Gasteiger partial charge in [0.25, 0.3) is 0 Å². The Hall–Kier alpha value is -1.59. The number of nitrogens with zero attached hydrogens (tertiary/aromatic N) is 1. The van der Waals surface area contributed by atoms with Crippen LogP contribution in [-0.4, -0.2) is 43.9 Å². The molecule has 1 aromatic carbocycles. The van der Waals surface area contributed by atoms with E-state index in [1.165, 1.54) is 44.1 Å². The van der Waals surface area contributed by atoms with E-state index in [2.05, 4.69) is 47.9 Å². The minimum absolute atomic E-state index is 0.152. The maximum atomic E-state index is 9.57. The molecule has 3 N–H and O–H groups in total. The Kier molecular flexibility index (Phi) is 8.81. The molecule has 1 heterocycles. The Morgan fingerprint density at radius 1 is 1.14 bits per heavy atom. The van der Waals surface area contributed by atoms with E-state index in [0.717, 1.165) is 45.0 Å². The lowest BCUT2D eigenvalue weighted by molar-refractivity contribution is -0.0265. The number of nitrogens with one attached hydrogen (secondary N) is 2. The van der Waals surface area contributed by atoms with Crippen LogP contribution in [0.3, 0.4) is 0 Å². The van der Waals surface area contributed by atoms with Gasteiger partial charge in [-0.2, -0.15) is 0 Å². The van der Waals surface area contributed by atoms with Crippen LogP contribution < -0.4 is 10.6 Å². The Morgan fingerprint density at radius 3 is 2.66 bits per heavy atom. The lowest BCUT2D eigenvalue weighted by atomic mass is 9.72. The van der Waals surface area contributed by atoms with E-state index in [9.17, 15) is 5.11 Å². The summed E-state index contributed by atoms with van der Waals surface area (Å²) in [7, 11) is 0. The topological polar surface area (TPSA) is 65.9 Å². The molecule has 0 amide bonds. The van der Waals surface area contributed by atoms with Crippen molar-refractivity contribution in [3.8, 4) is 0 Å². The molecule has 2 fully saturated rings. The summed E-state index contributed by atoms with van der Waals surface area (Å²) in [6.07, 6.45) is 9.50. The molecule has 1 saturated heterocycles. The van der Waals surface area contributed by atoms with Gasteiger partial charge in [0.2, 0.25) is 0 Å². The van der Waals surface area contributed by atoms with Crippen LogP contribution >= 0.6 is 0 Å². The van der Waals surface area contributed by atoms with Gasteiger partial charge < -0.3 is 20.5 Å². The van der Waals surface area contributed by atoms with Crippen LogP contribution in [0.5, 0.6) is 0 Å². The third-order valence-electron chi connectivity index (χ3n) is 6.58. The first-order valence-corrected chi connectivity index (χ1v) is 11.6. The number of hydrogen-bond acceptors (Lipinski definition) is 3. The second-order valence-corrected chi connectivity index (χ2v) is 8.71. The smallest absolute Gasteiger partial charge is 0.191 e. The van der Waals surface area contributed by atoms with Crippen molar-refractivity contribution in [1.29, 1.82) is 0 Å². The summed E-state index contributed by atoms with van der Waals surface area (Å²) in [4.78, 5) is 4.95. The molecule has 5 nitrogen and oxygen atoms in total. The zero-order valence-electron chi connectivity index (χ0n) is 18.0. The van der Waals surface area contributed by atoms with Crippen LogP contribution in [0.2, 0.25) is 0 Å². The van der Waals surface area contributed by atoms with Crippen molar-refractivity contribution in [3.05, 3.63) is 35.9 Å². The first-order valence-electron chi connectivity index (χ1n) is 11.6. The van der Waals surface area contributed by atoms with Gasteiger partial charge >= 0.3 is 0 Å². The van der Waals surface area contributed by atoms with Crippen molar-refractivity contribution >= 4 is 5.96 Å². The normalized spacial score (nSPS) is 24.8. The summed E-state index contributed by atoms with van der Waals surface area (Å²) in [6, 6.07) is 10.6. The van der Waals surface area contributed by atoms with E-state index in [4.69, 9.17) is 9.73 Å². The molecule has 162 valence electrons. The lowest BCUT2D eigenvalue weighted by Crippen LogP contribution is -2.43. The molecule has 0 spiro atoms. The van der Waals surface area contributed by atoms with Gasteiger partial charge in [-0.15, -0.1) is 0 Å². The molecule has 0 radical (unpaired) electrons. The van der Waals surface area contributed by atoms with Crippen LogP contribution in [0.4, 0.5) is 0 Å². The van der Waals surface area contributed by atoms with Crippen molar-refractivity contribution < 1.29 is 9.84 Å². The average molecular weight is 402 g/mol. The Balaban J connectivity index is 1.62. The van der Waals surface area contributed by atoms with Crippen LogP contribution in [0.1, 0.15) is 70.0 Å². The standard InChI is InChI=1S/C24H39N3O2/c1-2-25-23(27-19-24(15-16-28)13-7-4-8-14-24)26-18-21-12-9-17-29-22(21)20-10-5-3-6-11-20/h3,5-6,10-11,21-22,28H,2,4,7-9,12-19H2,1H3,(H2,25,26,27). The molecule has 5 heteroatoms. The number of ether oxygens (including phenoxy) is 1. The number of aliphatic hydroxyl groups is 1. The fraction of sp³-hybridized carbons (Fsp3) is 0.708. The molecule has 2 atom stereocenters. The van der Waals surface area contributed by atoms with Crippen LogP contribution in [0, 0.1) is 11.3 Å². The van der Waals surface area contributed by atoms with Crippen molar-refractivity contribution in [2.75, 3.05) is 32.8 Å². The maximum absolute atomic E-state index is 9.57. The van der Waals surface area contributed by atoms with Crippen LogP contribution in [0.15, 0.2) is 35.3 Å². The average Bonchev–Trinajstić information content (AvgIpc) is 2.77. The zero-order valence-corrected chi connectivity index (χ0v) is 18.0. The second kappa shape index (κ2) is 11.6. The van der Waals surface area contributed by atoms with E-state index in [0.29, 0.717) is 5.92 Å². The maximum Gasteiger partial charge on any atom is 0.191 e. The minimum atomic E-state index is 0.152. The van der Waals surface area contributed by atoms with E-state index in [-0.39, 0.29) is 18.1 Å². The Bertz CT molecular complexity index is 608. The minimum Gasteiger partial charge on any atom is -0.396 e. The van der Waals surface area contributed by atoms with Gasteiger partial charge in [-0.05, 0) is 50.0 Å². The number of aliphatic imine (C=N–C) groups is 1. The van der Waals surface area contributed by atoms with Crippen molar-refractivity contribution in [2.45, 2.75) is 64.4 Å². The predicted octanol–water partition coefficient (Wildman–Crippen LogP) is 4.04. The quantitative estimate of drug-likeness (QED) is 0.454. The Labute approximate surface area is 176 Å². The molecule has 2 aliphatic rings. The highest BCUT2D eigenvalue weighted by Gasteiger charge is 2.32. The van der Waals surface area contributed by atoms with E-state index in [1.807, 2.05) is 0 Å². The number of aliphatic hydroxyl groups excluding tert-OH is 1. The molecule has 3 rings (SSSR count). The summed E-state index contributed by atoms with van der Waals surface area (Å²) in [5.41, 5.74) is 1.45. The van der Waals surface area contributed by atoms with E-state index in [1.54, 1.807) is 0 Å². The molecule has 1 aliphatic carbocycles. The highest BCUT2D eigenvalue weighted by Crippen LogP contribution is 2.39. The summed E-state index contributed by atoms with van der Waals surface area (Å²) >= 11 is 0. The number of rotatable bonds is 8. The van der Waals surface area contributed by atoms with Gasteiger partial charge in [-0.25, -0.2) is 0 Å². The van der Waals surface area contributed by atoms with Crippen LogP contribution in [-0.2, 0) is 4.74 Å². The van der Waals surface area contributed by atoms with Gasteiger partial charge in [-0.1, -0.05) is 49.6 Å². The summed E-state index contributed by atoms with van der Waals surface area (Å²) in [6.45, 7) is 5.72. The fourth-order valence-electron chi connectivity index (χ4n) is 4.91. The van der Waals surface area contributed by atoms with Gasteiger partial charge in [0.15, 0.2) is 5.96 Å². The highest BCUT2D eigenvalue weighted by atomic mass is 16.5. The first-order chi connectivity index (χ1) is 14.3. The molecule has 1 saturated carbocycles. The molecule has 29 heavy (non-hydrogen) atoms. The molecule has 1 aliphatic heterocycles. The number of guanidine groups is 1. The van der Waals surface area contributed by atoms with Crippen molar-refractivity contribution in [2.24, 2.45) is 16.3 Å². The SMILES string of the molecule is CCNC(=NCC1(CCO)CCCCC1)NCC1CCCOC1c1ccccc1. The third-order valence-corrected chi connectivity index (χ3v) is 6.58. The summed E-state index contributed by atoms with van der Waals surface area (Å²) in [5.74, 6) is 1.34. The van der Waals surface area contributed by atoms with Crippen molar-refractivity contribution in [3.63, 3.8) is 0 Å². The lowest BCUT2D eigenvalue weighted by Gasteiger charge is -2.36. The first kappa shape index (κ1) is 22.1. The zero-order chi connectivity index (χ0) is 20.4. The summed E-state index contributed by atoms with van der Waals surface area (Å²) in [5, 5.41) is 16.6. The molecule has 1 aromatic rings. The van der Waals surface area contributed by atoms with E-state index >= 15 is 0 Å². The van der Waals surface area contributed by atoms with Crippen molar-refractivity contribution in [1.82, 2.24) is 10.6 Å². The largest absolute Gasteiger partial charge is 0.396 e. The fourth-order valence-corrected chi connectivity index (χ4v) is 4.91. The van der Waals surface area contributed by atoms with Gasteiger partial charge in [0.05, 0.1) is 6.10 Å². The Morgan fingerprint density at radius 2 is 1.93 bits per heavy atom. The van der Waals surface area contributed by atoms with Crippen LogP contribution in [0.25, 0.3) is 0 Å². The van der Waals surface area contributed by atoms with Gasteiger partial charge in [-0.3, -0.25) is 4.99 Å². The predicted molar refractivity (Wildman–Crippen MR) is 119 cm³/mol. The monoisotopic (exact) mass is 401 g/mol. The molecular weight excluding hydrogens is 362 g/mol. The third kappa shape index (κ3) is 6.45. The molecule has 0 aromatic heterocycles. The molecule has 2 unspecified atom stereocenters. The number of benzene rings is 1. The number of hydrogen-bond donors (Lipinski definition) is 3. The van der Waals surface area contributed by atoms with Gasteiger partial charge in [0, 0.05) is 38.8 Å². The van der Waals surface area contributed by atoms with Gasteiger partial charge in [0.1, 0.15) is 0 Å². The summed E-state index contributed by atoms with van der Waals surface area (Å²) < 4.78 is 6.14. The van der Waals surface area contributed by atoms with E-state index < -0.39 is 0 Å². The molecule has 0 bridgehead atoms. The molecular formula is C24H39N3O2. The second-order valence-electron chi connectivity index (χ2n) is 8.71.